The molecule has 5 nitrogen and oxygen atoms in total. The fourth-order valence-electron chi connectivity index (χ4n) is 2.57. The predicted octanol–water partition coefficient (Wildman–Crippen LogP) is 4.61. The van der Waals surface area contributed by atoms with Crippen LogP contribution in [0, 0.1) is 0 Å². The molecule has 6 heteroatoms. The fraction of sp³-hybridized carbons (Fsp3) is 0.182. The van der Waals surface area contributed by atoms with Gasteiger partial charge in [-0.2, -0.15) is 0 Å². The molecule has 1 aromatic heterocycles. The van der Waals surface area contributed by atoms with E-state index in [4.69, 9.17) is 9.15 Å². The summed E-state index contributed by atoms with van der Waals surface area (Å²) in [6.07, 6.45) is 1.21. The Kier molecular flexibility index (Phi) is 6.92. The van der Waals surface area contributed by atoms with E-state index in [1.54, 1.807) is 30.5 Å². The Bertz CT molecular complexity index is 909. The van der Waals surface area contributed by atoms with E-state index in [0.29, 0.717) is 22.8 Å². The van der Waals surface area contributed by atoms with Gasteiger partial charge in [-0.15, -0.1) is 11.8 Å². The second kappa shape index (κ2) is 9.80. The molecular formula is C22H21NO4S. The Morgan fingerprint density at radius 1 is 1.04 bits per heavy atom. The van der Waals surface area contributed by atoms with E-state index >= 15 is 0 Å². The monoisotopic (exact) mass is 395 g/mol. The molecule has 1 atom stereocenters. The molecule has 0 unspecified atom stereocenters. The molecule has 1 amide bonds. The van der Waals surface area contributed by atoms with Gasteiger partial charge in [0.05, 0.1) is 24.1 Å². The maximum Gasteiger partial charge on any atom is 0.339 e. The standard InChI is InChI=1S/C22H21NO4S/c1-16(17-8-3-2-4-9-17)27-22(25)19-11-5-6-12-20(19)28-15-21(24)23-14-18-10-7-13-26-18/h2-13,16H,14-15H2,1H3,(H,23,24)/t16-/m1/s1. The van der Waals surface area contributed by atoms with Crippen molar-refractivity contribution < 1.29 is 18.7 Å². The minimum atomic E-state index is -0.407. The Hall–Kier alpha value is -2.99. The molecule has 28 heavy (non-hydrogen) atoms. The number of hydrogen-bond donors (Lipinski definition) is 1. The summed E-state index contributed by atoms with van der Waals surface area (Å²) < 4.78 is 10.8. The van der Waals surface area contributed by atoms with Gasteiger partial charge in [0.15, 0.2) is 0 Å². The van der Waals surface area contributed by atoms with Crippen LogP contribution in [0.25, 0.3) is 0 Å². The average molecular weight is 395 g/mol. The largest absolute Gasteiger partial charge is 0.467 e. The molecule has 0 aliphatic carbocycles. The topological polar surface area (TPSA) is 68.5 Å². The summed E-state index contributed by atoms with van der Waals surface area (Å²) in [5.74, 6) is 0.342. The number of hydrogen-bond acceptors (Lipinski definition) is 5. The number of carbonyl (C=O) groups is 2. The molecule has 3 aromatic rings. The Balaban J connectivity index is 1.57. The summed E-state index contributed by atoms with van der Waals surface area (Å²) in [5.41, 5.74) is 1.38. The summed E-state index contributed by atoms with van der Waals surface area (Å²) in [5, 5.41) is 2.79. The maximum absolute atomic E-state index is 12.6. The Morgan fingerprint density at radius 2 is 1.79 bits per heavy atom. The van der Waals surface area contributed by atoms with Crippen molar-refractivity contribution in [1.82, 2.24) is 5.32 Å². The van der Waals surface area contributed by atoms with Crippen molar-refractivity contribution in [3.05, 3.63) is 89.9 Å². The number of benzene rings is 2. The first-order chi connectivity index (χ1) is 13.6. The van der Waals surface area contributed by atoms with Gasteiger partial charge in [-0.1, -0.05) is 42.5 Å². The minimum absolute atomic E-state index is 0.137. The fourth-order valence-corrected chi connectivity index (χ4v) is 3.44. The average Bonchev–Trinajstić information content (AvgIpc) is 3.25. The van der Waals surface area contributed by atoms with Crippen molar-refractivity contribution in [3.8, 4) is 0 Å². The lowest BCUT2D eigenvalue weighted by molar-refractivity contribution is -0.118. The smallest absolute Gasteiger partial charge is 0.339 e. The Morgan fingerprint density at radius 3 is 2.54 bits per heavy atom. The second-order valence-electron chi connectivity index (χ2n) is 6.10. The maximum atomic E-state index is 12.6. The number of thioether (sulfide) groups is 1. The number of amides is 1. The van der Waals surface area contributed by atoms with Crippen LogP contribution in [-0.2, 0) is 16.1 Å². The first-order valence-electron chi connectivity index (χ1n) is 8.90. The molecule has 0 aliphatic heterocycles. The summed E-state index contributed by atoms with van der Waals surface area (Å²) in [6.45, 7) is 2.18. The molecule has 3 rings (SSSR count). The zero-order valence-corrected chi connectivity index (χ0v) is 16.3. The highest BCUT2D eigenvalue weighted by molar-refractivity contribution is 8.00. The van der Waals surface area contributed by atoms with Gasteiger partial charge in [0.1, 0.15) is 11.9 Å². The van der Waals surface area contributed by atoms with Crippen molar-refractivity contribution in [1.29, 1.82) is 0 Å². The number of ether oxygens (including phenoxy) is 1. The van der Waals surface area contributed by atoms with E-state index in [9.17, 15) is 9.59 Å². The minimum Gasteiger partial charge on any atom is -0.467 e. The van der Waals surface area contributed by atoms with Crippen LogP contribution >= 0.6 is 11.8 Å². The number of nitrogens with one attached hydrogen (secondary N) is 1. The second-order valence-corrected chi connectivity index (χ2v) is 7.12. The SMILES string of the molecule is C[C@@H](OC(=O)c1ccccc1SCC(=O)NCc1ccco1)c1ccccc1. The molecule has 144 valence electrons. The number of furan rings is 1. The van der Waals surface area contributed by atoms with E-state index in [-0.39, 0.29) is 17.8 Å². The van der Waals surface area contributed by atoms with Crippen LogP contribution in [-0.4, -0.2) is 17.6 Å². The first kappa shape index (κ1) is 19.8. The molecule has 0 bridgehead atoms. The van der Waals surface area contributed by atoms with Crippen LogP contribution in [0.1, 0.15) is 34.7 Å². The summed E-state index contributed by atoms with van der Waals surface area (Å²) in [4.78, 5) is 25.4. The number of esters is 1. The first-order valence-corrected chi connectivity index (χ1v) is 9.89. The van der Waals surface area contributed by atoms with Gasteiger partial charge in [0.2, 0.25) is 5.91 Å². The molecule has 1 heterocycles. The van der Waals surface area contributed by atoms with Crippen molar-refractivity contribution in [3.63, 3.8) is 0 Å². The molecule has 1 N–H and O–H groups in total. The van der Waals surface area contributed by atoms with Crippen LogP contribution < -0.4 is 5.32 Å². The van der Waals surface area contributed by atoms with Crippen molar-refractivity contribution in [2.24, 2.45) is 0 Å². The van der Waals surface area contributed by atoms with E-state index < -0.39 is 5.97 Å². The molecule has 0 fully saturated rings. The molecule has 0 radical (unpaired) electrons. The van der Waals surface area contributed by atoms with Gasteiger partial charge in [-0.05, 0) is 36.8 Å². The lowest BCUT2D eigenvalue weighted by atomic mass is 10.1. The quantitative estimate of drug-likeness (QED) is 0.446. The zero-order chi connectivity index (χ0) is 19.8. The third kappa shape index (κ3) is 5.50. The van der Waals surface area contributed by atoms with E-state index in [0.717, 1.165) is 5.56 Å². The molecule has 2 aromatic carbocycles. The summed E-state index contributed by atoms with van der Waals surface area (Å²) >= 11 is 1.30. The zero-order valence-electron chi connectivity index (χ0n) is 15.5. The number of rotatable bonds is 8. The Labute approximate surface area is 168 Å². The van der Waals surface area contributed by atoms with Gasteiger partial charge in [0, 0.05) is 4.90 Å². The molecule has 0 aliphatic rings. The van der Waals surface area contributed by atoms with Crippen molar-refractivity contribution in [2.45, 2.75) is 24.5 Å². The van der Waals surface area contributed by atoms with Gasteiger partial charge >= 0.3 is 5.97 Å². The van der Waals surface area contributed by atoms with Crippen LogP contribution in [0.5, 0.6) is 0 Å². The van der Waals surface area contributed by atoms with E-state index in [2.05, 4.69) is 5.32 Å². The van der Waals surface area contributed by atoms with Crippen molar-refractivity contribution in [2.75, 3.05) is 5.75 Å². The predicted molar refractivity (Wildman–Crippen MR) is 108 cm³/mol. The van der Waals surface area contributed by atoms with Gasteiger partial charge in [-0.3, -0.25) is 4.79 Å². The highest BCUT2D eigenvalue weighted by Gasteiger charge is 2.17. The lowest BCUT2D eigenvalue weighted by Gasteiger charge is -2.15. The van der Waals surface area contributed by atoms with E-state index in [1.807, 2.05) is 49.4 Å². The summed E-state index contributed by atoms with van der Waals surface area (Å²) in [6, 6.07) is 20.3. The normalized spacial score (nSPS) is 11.6. The van der Waals surface area contributed by atoms with Gasteiger partial charge in [-0.25, -0.2) is 4.79 Å². The van der Waals surface area contributed by atoms with Gasteiger partial charge in [0.25, 0.3) is 0 Å². The lowest BCUT2D eigenvalue weighted by Crippen LogP contribution is -2.24. The van der Waals surface area contributed by atoms with Crippen molar-refractivity contribution >= 4 is 23.6 Å². The summed E-state index contributed by atoms with van der Waals surface area (Å²) in [7, 11) is 0. The van der Waals surface area contributed by atoms with Crippen LogP contribution in [0.4, 0.5) is 0 Å². The van der Waals surface area contributed by atoms with Crippen LogP contribution in [0.15, 0.2) is 82.3 Å². The highest BCUT2D eigenvalue weighted by atomic mass is 32.2. The van der Waals surface area contributed by atoms with E-state index in [1.165, 1.54) is 11.8 Å². The van der Waals surface area contributed by atoms with Gasteiger partial charge < -0.3 is 14.5 Å². The third-order valence-corrected chi connectivity index (χ3v) is 5.13. The van der Waals surface area contributed by atoms with Crippen LogP contribution in [0.2, 0.25) is 0 Å². The molecule has 0 saturated carbocycles. The number of carbonyl (C=O) groups excluding carboxylic acids is 2. The molecule has 0 saturated heterocycles. The highest BCUT2D eigenvalue weighted by Crippen LogP contribution is 2.25. The molecule has 0 spiro atoms. The third-order valence-electron chi connectivity index (χ3n) is 4.06. The van der Waals surface area contributed by atoms with Crippen LogP contribution in [0.3, 0.4) is 0 Å². The molecular weight excluding hydrogens is 374 g/mol.